The van der Waals surface area contributed by atoms with Crippen LogP contribution in [-0.4, -0.2) is 16.1 Å². The van der Waals surface area contributed by atoms with Gasteiger partial charge in [0.05, 0.1) is 10.7 Å². The van der Waals surface area contributed by atoms with Gasteiger partial charge in [0.1, 0.15) is 5.69 Å². The van der Waals surface area contributed by atoms with Crippen molar-refractivity contribution in [1.29, 1.82) is 0 Å². The summed E-state index contributed by atoms with van der Waals surface area (Å²) in [4.78, 5) is 14.9. The minimum atomic E-state index is -1.34. The SMILES string of the molecule is Nc1c(F)c(-c2ccc(C3CC3)cc2)nc(C(=O)O)c1Cl. The van der Waals surface area contributed by atoms with Crippen molar-refractivity contribution in [3.63, 3.8) is 0 Å². The zero-order valence-corrected chi connectivity index (χ0v) is 11.7. The molecule has 1 aromatic carbocycles. The number of nitrogen functional groups attached to an aromatic ring is 1. The van der Waals surface area contributed by atoms with Gasteiger partial charge in [-0.2, -0.15) is 0 Å². The maximum absolute atomic E-state index is 14.2. The van der Waals surface area contributed by atoms with Gasteiger partial charge in [-0.25, -0.2) is 14.2 Å². The van der Waals surface area contributed by atoms with E-state index in [1.165, 1.54) is 18.4 Å². The molecule has 1 aliphatic carbocycles. The number of nitrogens with zero attached hydrogens (tertiary/aromatic N) is 1. The molecule has 1 saturated carbocycles. The molecule has 1 heterocycles. The molecule has 0 saturated heterocycles. The van der Waals surface area contributed by atoms with Crippen LogP contribution in [0, 0.1) is 5.82 Å². The number of carbonyl (C=O) groups is 1. The number of hydrogen-bond donors (Lipinski definition) is 2. The van der Waals surface area contributed by atoms with E-state index >= 15 is 0 Å². The van der Waals surface area contributed by atoms with E-state index in [0.29, 0.717) is 11.5 Å². The Morgan fingerprint density at radius 1 is 1.33 bits per heavy atom. The van der Waals surface area contributed by atoms with Gasteiger partial charge in [-0.05, 0) is 24.3 Å². The molecule has 2 aromatic rings. The molecule has 3 N–H and O–H groups in total. The van der Waals surface area contributed by atoms with Crippen LogP contribution in [-0.2, 0) is 0 Å². The topological polar surface area (TPSA) is 76.2 Å². The molecule has 1 fully saturated rings. The normalized spacial score (nSPS) is 14.2. The van der Waals surface area contributed by atoms with Gasteiger partial charge in [0, 0.05) is 5.56 Å². The van der Waals surface area contributed by atoms with Gasteiger partial charge in [0.25, 0.3) is 0 Å². The fourth-order valence-corrected chi connectivity index (χ4v) is 2.43. The molecule has 6 heteroatoms. The number of pyridine rings is 1. The molecule has 0 unspecified atom stereocenters. The number of anilines is 1. The standard InChI is InChI=1S/C15H12ClFN2O2/c16-10-12(18)11(17)13(19-14(10)15(20)21)9-5-3-8(4-6-9)7-1-2-7/h3-7H,1-2H2,(H2,18,19)(H,20,21). The lowest BCUT2D eigenvalue weighted by atomic mass is 10.0. The van der Waals surface area contributed by atoms with Gasteiger partial charge in [0.2, 0.25) is 0 Å². The van der Waals surface area contributed by atoms with E-state index in [4.69, 9.17) is 22.4 Å². The molecular weight excluding hydrogens is 295 g/mol. The molecule has 0 spiro atoms. The van der Waals surface area contributed by atoms with Crippen LogP contribution in [0.15, 0.2) is 24.3 Å². The second-order valence-electron chi connectivity index (χ2n) is 5.05. The van der Waals surface area contributed by atoms with Crippen molar-refractivity contribution in [2.24, 2.45) is 0 Å². The van der Waals surface area contributed by atoms with Gasteiger partial charge in [-0.1, -0.05) is 35.9 Å². The second-order valence-corrected chi connectivity index (χ2v) is 5.43. The second kappa shape index (κ2) is 5.00. The minimum absolute atomic E-state index is 0.100. The van der Waals surface area contributed by atoms with Crippen molar-refractivity contribution in [3.8, 4) is 11.3 Å². The molecule has 0 atom stereocenters. The summed E-state index contributed by atoms with van der Waals surface area (Å²) in [6, 6.07) is 7.24. The molecule has 0 aliphatic heterocycles. The first kappa shape index (κ1) is 13.8. The third-order valence-corrected chi connectivity index (χ3v) is 3.93. The molecule has 1 aromatic heterocycles. The fraction of sp³-hybridized carbons (Fsp3) is 0.200. The zero-order chi connectivity index (χ0) is 15.1. The van der Waals surface area contributed by atoms with Gasteiger partial charge >= 0.3 is 5.97 Å². The highest BCUT2D eigenvalue weighted by Gasteiger charge is 2.24. The first-order chi connectivity index (χ1) is 9.99. The number of rotatable bonds is 3. The number of nitrogens with two attached hydrogens (primary N) is 1. The number of carboxylic acids is 1. The Morgan fingerprint density at radius 2 is 1.95 bits per heavy atom. The molecule has 4 nitrogen and oxygen atoms in total. The highest BCUT2D eigenvalue weighted by Crippen LogP contribution is 2.40. The van der Waals surface area contributed by atoms with Crippen molar-refractivity contribution in [3.05, 3.63) is 46.4 Å². The maximum atomic E-state index is 14.2. The zero-order valence-electron chi connectivity index (χ0n) is 10.9. The molecule has 21 heavy (non-hydrogen) atoms. The highest BCUT2D eigenvalue weighted by molar-refractivity contribution is 6.35. The third kappa shape index (κ3) is 2.45. The van der Waals surface area contributed by atoms with Crippen molar-refractivity contribution in [2.45, 2.75) is 18.8 Å². The summed E-state index contributed by atoms with van der Waals surface area (Å²) in [7, 11) is 0. The van der Waals surface area contributed by atoms with Gasteiger partial charge in [0.15, 0.2) is 11.5 Å². The number of halogens is 2. The van der Waals surface area contributed by atoms with E-state index in [9.17, 15) is 9.18 Å². The molecular formula is C15H12ClFN2O2. The summed E-state index contributed by atoms with van der Waals surface area (Å²) < 4.78 is 14.2. The van der Waals surface area contributed by atoms with Crippen LogP contribution >= 0.6 is 11.6 Å². The van der Waals surface area contributed by atoms with Gasteiger partial charge in [-0.3, -0.25) is 0 Å². The van der Waals surface area contributed by atoms with Crippen LogP contribution in [0.1, 0.15) is 34.8 Å². The number of carboxylic acid groups (broad SMARTS) is 1. The predicted octanol–water partition coefficient (Wildman–Crippen LogP) is 3.70. The van der Waals surface area contributed by atoms with Crippen LogP contribution in [0.4, 0.5) is 10.1 Å². The molecule has 1 aliphatic rings. The quantitative estimate of drug-likeness (QED) is 0.906. The largest absolute Gasteiger partial charge is 0.476 e. The van der Waals surface area contributed by atoms with Crippen molar-refractivity contribution < 1.29 is 14.3 Å². The molecule has 0 bridgehead atoms. The first-order valence-electron chi connectivity index (χ1n) is 6.47. The smallest absolute Gasteiger partial charge is 0.356 e. The summed E-state index contributed by atoms with van der Waals surface area (Å²) in [5, 5.41) is 8.68. The Kier molecular flexibility index (Phi) is 3.29. The predicted molar refractivity (Wildman–Crippen MR) is 78.0 cm³/mol. The van der Waals surface area contributed by atoms with Crippen LogP contribution in [0.25, 0.3) is 11.3 Å². The maximum Gasteiger partial charge on any atom is 0.356 e. The van der Waals surface area contributed by atoms with E-state index in [-0.39, 0.29) is 10.7 Å². The molecule has 3 rings (SSSR count). The number of aromatic nitrogens is 1. The summed E-state index contributed by atoms with van der Waals surface area (Å²) in [6.07, 6.45) is 2.34. The van der Waals surface area contributed by atoms with Crippen molar-refractivity contribution in [2.75, 3.05) is 5.73 Å². The molecule has 0 radical (unpaired) electrons. The van der Waals surface area contributed by atoms with Crippen molar-refractivity contribution >= 4 is 23.3 Å². The van der Waals surface area contributed by atoms with E-state index in [1.54, 1.807) is 12.1 Å². The fourth-order valence-electron chi connectivity index (χ4n) is 2.22. The van der Waals surface area contributed by atoms with Gasteiger partial charge in [-0.15, -0.1) is 0 Å². The number of hydrogen-bond acceptors (Lipinski definition) is 3. The lowest BCUT2D eigenvalue weighted by molar-refractivity contribution is 0.0691. The average molecular weight is 307 g/mol. The van der Waals surface area contributed by atoms with Gasteiger partial charge < -0.3 is 10.8 Å². The first-order valence-corrected chi connectivity index (χ1v) is 6.85. The number of benzene rings is 1. The Balaban J connectivity index is 2.10. The van der Waals surface area contributed by atoms with Crippen LogP contribution in [0.5, 0.6) is 0 Å². The minimum Gasteiger partial charge on any atom is -0.476 e. The average Bonchev–Trinajstić information content (AvgIpc) is 3.30. The summed E-state index contributed by atoms with van der Waals surface area (Å²) in [5.41, 5.74) is 6.26. The summed E-state index contributed by atoms with van der Waals surface area (Å²) in [6.45, 7) is 0. The Morgan fingerprint density at radius 3 is 2.48 bits per heavy atom. The van der Waals surface area contributed by atoms with E-state index in [1.807, 2.05) is 12.1 Å². The van der Waals surface area contributed by atoms with Crippen LogP contribution < -0.4 is 5.73 Å². The monoisotopic (exact) mass is 306 g/mol. The molecule has 108 valence electrons. The Labute approximate surface area is 125 Å². The Hall–Kier alpha value is -2.14. The summed E-state index contributed by atoms with van der Waals surface area (Å²) in [5.74, 6) is -1.56. The van der Waals surface area contributed by atoms with Crippen LogP contribution in [0.2, 0.25) is 5.02 Å². The lowest BCUT2D eigenvalue weighted by Crippen LogP contribution is -2.08. The van der Waals surface area contributed by atoms with E-state index < -0.39 is 23.2 Å². The molecule has 0 amide bonds. The number of aromatic carboxylic acids is 1. The van der Waals surface area contributed by atoms with Crippen molar-refractivity contribution in [1.82, 2.24) is 4.98 Å². The van der Waals surface area contributed by atoms with Crippen LogP contribution in [0.3, 0.4) is 0 Å². The van der Waals surface area contributed by atoms with E-state index in [2.05, 4.69) is 4.98 Å². The Bertz CT molecular complexity index is 727. The third-order valence-electron chi connectivity index (χ3n) is 3.55. The van der Waals surface area contributed by atoms with E-state index in [0.717, 1.165) is 0 Å². The highest BCUT2D eigenvalue weighted by atomic mass is 35.5. The summed E-state index contributed by atoms with van der Waals surface area (Å²) >= 11 is 5.72. The lowest BCUT2D eigenvalue weighted by Gasteiger charge is -2.10.